The molecular weight excluding hydrogens is 515 g/mol. The number of benzene rings is 2. The number of likely N-dealkylation sites (tertiary alicyclic amines) is 1. The Balaban J connectivity index is 1.38. The molecule has 0 atom stereocenters. The lowest BCUT2D eigenvalue weighted by atomic mass is 9.73. The van der Waals surface area contributed by atoms with Crippen LogP contribution < -0.4 is 15.0 Å². The van der Waals surface area contributed by atoms with Crippen LogP contribution in [0, 0.1) is 22.9 Å². The summed E-state index contributed by atoms with van der Waals surface area (Å²) in [5.41, 5.74) is 3.46. The Labute approximate surface area is 224 Å². The van der Waals surface area contributed by atoms with Crippen molar-refractivity contribution in [1.29, 1.82) is 0 Å². The van der Waals surface area contributed by atoms with Gasteiger partial charge in [-0.2, -0.15) is 0 Å². The van der Waals surface area contributed by atoms with Crippen LogP contribution in [0.4, 0.5) is 13.2 Å². The lowest BCUT2D eigenvalue weighted by Crippen LogP contribution is -2.49. The molecule has 0 bridgehead atoms. The molecule has 1 saturated heterocycles. The summed E-state index contributed by atoms with van der Waals surface area (Å²) in [5.74, 6) is -3.61. The van der Waals surface area contributed by atoms with Crippen molar-refractivity contribution < 1.29 is 37.8 Å². The van der Waals surface area contributed by atoms with E-state index in [1.807, 2.05) is 28.6 Å². The van der Waals surface area contributed by atoms with Gasteiger partial charge in [0, 0.05) is 30.3 Å². The van der Waals surface area contributed by atoms with Gasteiger partial charge in [-0.15, -0.1) is 0 Å². The molecule has 2 heterocycles. The first-order valence-corrected chi connectivity index (χ1v) is 12.8. The molecule has 0 unspecified atom stereocenters. The van der Waals surface area contributed by atoms with Crippen LogP contribution in [0.25, 0.3) is 10.9 Å². The second-order valence-corrected chi connectivity index (χ2v) is 9.77. The lowest BCUT2D eigenvalue weighted by Gasteiger charge is -2.40. The first kappa shape index (κ1) is 28.6. The van der Waals surface area contributed by atoms with E-state index >= 15 is 0 Å². The number of piperidine rings is 1. The highest BCUT2D eigenvalue weighted by Gasteiger charge is 2.40. The van der Waals surface area contributed by atoms with Crippen molar-refractivity contribution >= 4 is 16.8 Å². The van der Waals surface area contributed by atoms with Crippen molar-refractivity contribution in [2.24, 2.45) is 5.41 Å². The van der Waals surface area contributed by atoms with Crippen LogP contribution in [0.5, 0.6) is 11.5 Å². The zero-order valence-corrected chi connectivity index (χ0v) is 21.7. The summed E-state index contributed by atoms with van der Waals surface area (Å²) in [6.07, 6.45) is 4.32. The molecular formula is C28H32F3N3O5. The number of nitrogens with zero attached hydrogens (tertiary/aromatic N) is 2. The number of aryl methyl sites for hydroxylation is 1. The van der Waals surface area contributed by atoms with E-state index < -0.39 is 34.5 Å². The fraction of sp³-hybridized carbons (Fsp3) is 0.429. The Kier molecular flexibility index (Phi) is 9.26. The van der Waals surface area contributed by atoms with E-state index in [9.17, 15) is 28.3 Å². The van der Waals surface area contributed by atoms with Gasteiger partial charge < -0.3 is 14.6 Å². The Morgan fingerprint density at radius 1 is 1.15 bits per heavy atom. The second-order valence-electron chi connectivity index (χ2n) is 9.77. The third kappa shape index (κ3) is 6.43. The Bertz CT molecular complexity index is 1290. The maximum absolute atomic E-state index is 13.8. The highest BCUT2D eigenvalue weighted by molar-refractivity contribution is 5.84. The maximum atomic E-state index is 13.8. The molecule has 1 aliphatic heterocycles. The lowest BCUT2D eigenvalue weighted by molar-refractivity contribution is -0.143. The van der Waals surface area contributed by atoms with Crippen molar-refractivity contribution in [2.75, 3.05) is 33.4 Å². The minimum Gasteiger partial charge on any atom is -0.497 e. The molecule has 3 aromatic rings. The predicted octanol–water partition coefficient (Wildman–Crippen LogP) is 4.14. The molecule has 0 spiro atoms. The van der Waals surface area contributed by atoms with E-state index in [4.69, 9.17) is 9.47 Å². The minimum atomic E-state index is -1.10. The average molecular weight is 548 g/mol. The van der Waals surface area contributed by atoms with Crippen molar-refractivity contribution in [3.63, 3.8) is 0 Å². The molecule has 11 heteroatoms. The van der Waals surface area contributed by atoms with E-state index in [1.165, 1.54) is 0 Å². The molecule has 39 heavy (non-hydrogen) atoms. The van der Waals surface area contributed by atoms with Gasteiger partial charge in [0.2, 0.25) is 5.91 Å². The summed E-state index contributed by atoms with van der Waals surface area (Å²) in [4.78, 5) is 19.2. The molecule has 1 aliphatic rings. The van der Waals surface area contributed by atoms with Gasteiger partial charge in [0.15, 0.2) is 17.4 Å². The number of methoxy groups -OCH3 is 1. The highest BCUT2D eigenvalue weighted by atomic mass is 19.1. The molecule has 0 aliphatic carbocycles. The number of carbonyl (C=O) groups is 1. The number of hydrogen-bond acceptors (Lipinski definition) is 7. The first-order chi connectivity index (χ1) is 18.8. The fourth-order valence-corrected chi connectivity index (χ4v) is 5.29. The average Bonchev–Trinajstić information content (AvgIpc) is 2.94. The highest BCUT2D eigenvalue weighted by Crippen LogP contribution is 2.38. The molecule has 1 aromatic heterocycles. The minimum absolute atomic E-state index is 0.0127. The summed E-state index contributed by atoms with van der Waals surface area (Å²) < 4.78 is 51.3. The number of hydroxylamine groups is 1. The molecule has 0 saturated carbocycles. The van der Waals surface area contributed by atoms with E-state index in [1.54, 1.807) is 13.3 Å². The summed E-state index contributed by atoms with van der Waals surface area (Å²) in [6, 6.07) is 6.70. The van der Waals surface area contributed by atoms with Gasteiger partial charge >= 0.3 is 0 Å². The van der Waals surface area contributed by atoms with Gasteiger partial charge in [0.05, 0.1) is 24.6 Å². The normalized spacial score (nSPS) is 15.3. The Morgan fingerprint density at radius 2 is 1.87 bits per heavy atom. The zero-order valence-electron chi connectivity index (χ0n) is 21.7. The first-order valence-electron chi connectivity index (χ1n) is 12.8. The summed E-state index contributed by atoms with van der Waals surface area (Å²) in [7, 11) is 1.58. The second kappa shape index (κ2) is 12.6. The number of pyridine rings is 1. The van der Waals surface area contributed by atoms with Crippen molar-refractivity contribution in [1.82, 2.24) is 15.4 Å². The number of ether oxygens (including phenoxy) is 2. The van der Waals surface area contributed by atoms with E-state index in [2.05, 4.69) is 4.98 Å². The molecule has 1 fully saturated rings. The van der Waals surface area contributed by atoms with Crippen LogP contribution in [-0.4, -0.2) is 59.5 Å². The number of aliphatic hydroxyl groups excluding tert-OH is 1. The topological polar surface area (TPSA) is 104 Å². The molecule has 3 N–H and O–H groups in total. The summed E-state index contributed by atoms with van der Waals surface area (Å²) in [6.45, 7) is 1.21. The van der Waals surface area contributed by atoms with E-state index in [0.29, 0.717) is 75.2 Å². The van der Waals surface area contributed by atoms with Crippen LogP contribution in [0.1, 0.15) is 36.8 Å². The molecule has 8 nitrogen and oxygen atoms in total. The number of carbonyl (C=O) groups excluding carboxylic acids is 1. The number of amides is 1. The Morgan fingerprint density at radius 3 is 2.51 bits per heavy atom. The number of nitrogens with one attached hydrogen (secondary N) is 1. The van der Waals surface area contributed by atoms with Gasteiger partial charge in [0.25, 0.3) is 0 Å². The van der Waals surface area contributed by atoms with Crippen LogP contribution in [0.15, 0.2) is 36.5 Å². The van der Waals surface area contributed by atoms with E-state index in [-0.39, 0.29) is 13.2 Å². The summed E-state index contributed by atoms with van der Waals surface area (Å²) in [5, 5.41) is 20.3. The molecule has 2 aromatic carbocycles. The number of hydrogen-bond donors (Lipinski definition) is 3. The number of aliphatic hydroxyl groups is 1. The Hall–Kier alpha value is -3.41. The zero-order chi connectivity index (χ0) is 28.0. The van der Waals surface area contributed by atoms with Gasteiger partial charge in [-0.3, -0.25) is 19.9 Å². The monoisotopic (exact) mass is 547 g/mol. The van der Waals surface area contributed by atoms with Crippen molar-refractivity contribution in [3.05, 3.63) is 65.1 Å². The number of halogens is 3. The number of fused-ring (bicyclic) bond motifs is 1. The molecule has 0 radical (unpaired) electrons. The molecule has 4 rings (SSSR count). The number of aromatic nitrogens is 1. The van der Waals surface area contributed by atoms with Crippen LogP contribution in [0.2, 0.25) is 0 Å². The van der Waals surface area contributed by atoms with E-state index in [0.717, 1.165) is 16.5 Å². The van der Waals surface area contributed by atoms with Crippen molar-refractivity contribution in [3.8, 4) is 11.5 Å². The maximum Gasteiger partial charge on any atom is 0.249 e. The predicted molar refractivity (Wildman–Crippen MR) is 137 cm³/mol. The van der Waals surface area contributed by atoms with Gasteiger partial charge in [-0.25, -0.2) is 18.7 Å². The molecule has 1 amide bonds. The third-order valence-electron chi connectivity index (χ3n) is 7.54. The molecule has 210 valence electrons. The van der Waals surface area contributed by atoms with Crippen LogP contribution >= 0.6 is 0 Å². The third-order valence-corrected chi connectivity index (χ3v) is 7.54. The largest absolute Gasteiger partial charge is 0.497 e. The smallest absolute Gasteiger partial charge is 0.249 e. The fourth-order valence-electron chi connectivity index (χ4n) is 5.29. The van der Waals surface area contributed by atoms with Crippen LogP contribution in [0.3, 0.4) is 0 Å². The quantitative estimate of drug-likeness (QED) is 0.245. The van der Waals surface area contributed by atoms with Crippen molar-refractivity contribution in [2.45, 2.75) is 38.7 Å². The summed E-state index contributed by atoms with van der Waals surface area (Å²) >= 11 is 0. The number of rotatable bonds is 11. The van der Waals surface area contributed by atoms with Gasteiger partial charge in [-0.1, -0.05) is 0 Å². The van der Waals surface area contributed by atoms with Gasteiger partial charge in [0.1, 0.15) is 18.2 Å². The SMILES string of the molecule is COc1ccc2ncc(CO)c(CCCC3(C(=O)NO)CCN(CCOc4c(F)cc(F)cc4F)CC3)c2c1. The standard InChI is InChI=1S/C28H32F3N3O5/c1-38-20-4-5-25-22(15-20)21(18(17-35)16-32-25)3-2-6-28(27(36)33-37)7-9-34(10-8-28)11-12-39-26-23(30)13-19(29)14-24(26)31/h4-5,13-16,35,37H,2-3,6-12,17H2,1H3,(H,33,36). The van der Waals surface area contributed by atoms with Gasteiger partial charge in [-0.05, 0) is 74.5 Å². The van der Waals surface area contributed by atoms with Crippen LogP contribution in [-0.2, 0) is 17.8 Å².